The molecular formula is C24H26F3N5O. The predicted octanol–water partition coefficient (Wildman–Crippen LogP) is 6.36. The van der Waals surface area contributed by atoms with Crippen molar-refractivity contribution in [3.05, 3.63) is 78.1 Å². The van der Waals surface area contributed by atoms with Crippen molar-refractivity contribution >= 4 is 23.3 Å². The maximum Gasteiger partial charge on any atom is 0.433 e. The number of halogens is 3. The van der Waals surface area contributed by atoms with Gasteiger partial charge in [-0.1, -0.05) is 32.0 Å². The summed E-state index contributed by atoms with van der Waals surface area (Å²) >= 11 is 0. The van der Waals surface area contributed by atoms with Crippen molar-refractivity contribution in [3.63, 3.8) is 0 Å². The molecular weight excluding hydrogens is 431 g/mol. The second-order valence-electron chi connectivity index (χ2n) is 6.52. The van der Waals surface area contributed by atoms with Gasteiger partial charge in [-0.3, -0.25) is 4.99 Å². The molecule has 9 heteroatoms. The molecule has 0 bridgehead atoms. The van der Waals surface area contributed by atoms with Gasteiger partial charge in [0.1, 0.15) is 17.2 Å². The minimum atomic E-state index is -4.52. The summed E-state index contributed by atoms with van der Waals surface area (Å²) in [6.07, 6.45) is -3.08. The molecule has 0 saturated heterocycles. The molecule has 0 atom stereocenters. The van der Waals surface area contributed by atoms with E-state index < -0.39 is 11.9 Å². The van der Waals surface area contributed by atoms with Gasteiger partial charge in [0.2, 0.25) is 0 Å². The van der Waals surface area contributed by atoms with E-state index in [1.165, 1.54) is 19.2 Å². The zero-order valence-electron chi connectivity index (χ0n) is 18.6. The number of pyridine rings is 1. The summed E-state index contributed by atoms with van der Waals surface area (Å²) in [6, 6.07) is 18.9. The number of rotatable bonds is 7. The molecule has 33 heavy (non-hydrogen) atoms. The van der Waals surface area contributed by atoms with Crippen LogP contribution in [0.4, 0.5) is 24.5 Å². The number of aliphatic imine (C=N–C) groups is 1. The molecule has 0 fully saturated rings. The third-order valence-electron chi connectivity index (χ3n) is 4.06. The fraction of sp³-hybridized carbons (Fsp3) is 0.208. The summed E-state index contributed by atoms with van der Waals surface area (Å²) in [5, 5.41) is 6.49. The van der Waals surface area contributed by atoms with Gasteiger partial charge in [-0.05, 0) is 55.5 Å². The van der Waals surface area contributed by atoms with Gasteiger partial charge in [0.15, 0.2) is 0 Å². The number of nitrogens with one attached hydrogen (secondary N) is 1. The van der Waals surface area contributed by atoms with Crippen LogP contribution in [-0.4, -0.2) is 23.5 Å². The number of aryl methyl sites for hydroxylation is 1. The number of nitrogens with two attached hydrogens (primary N) is 1. The average molecular weight is 458 g/mol. The highest BCUT2D eigenvalue weighted by molar-refractivity contribution is 6.32. The Morgan fingerprint density at radius 3 is 2.27 bits per heavy atom. The molecule has 6 nitrogen and oxygen atoms in total. The van der Waals surface area contributed by atoms with Crippen molar-refractivity contribution < 1.29 is 17.9 Å². The van der Waals surface area contributed by atoms with E-state index in [1.54, 1.807) is 24.3 Å². The molecule has 1 aromatic heterocycles. The first-order chi connectivity index (χ1) is 15.8. The highest BCUT2D eigenvalue weighted by Gasteiger charge is 2.32. The zero-order valence-corrected chi connectivity index (χ0v) is 18.6. The average Bonchev–Trinajstić information content (AvgIpc) is 2.81. The van der Waals surface area contributed by atoms with E-state index >= 15 is 0 Å². The van der Waals surface area contributed by atoms with Crippen LogP contribution < -0.4 is 15.9 Å². The number of hydrazone groups is 1. The highest BCUT2D eigenvalue weighted by atomic mass is 19.4. The molecule has 2 aromatic carbocycles. The number of anilines is 1. The monoisotopic (exact) mass is 457 g/mol. The Hall–Kier alpha value is -3.88. The quantitative estimate of drug-likeness (QED) is 0.246. The van der Waals surface area contributed by atoms with Gasteiger partial charge < -0.3 is 15.9 Å². The normalized spacial score (nSPS) is 11.6. The molecule has 3 N–H and O–H groups in total. The number of hydrogen-bond donors (Lipinski definition) is 2. The van der Waals surface area contributed by atoms with E-state index in [4.69, 9.17) is 10.6 Å². The largest absolute Gasteiger partial charge is 0.457 e. The van der Waals surface area contributed by atoms with Crippen molar-refractivity contribution in [1.29, 1.82) is 0 Å². The van der Waals surface area contributed by atoms with Crippen LogP contribution in [0.3, 0.4) is 0 Å². The maximum absolute atomic E-state index is 12.9. The first-order valence-electron chi connectivity index (χ1n) is 10.3. The molecule has 3 rings (SSSR count). The molecule has 0 aliphatic heterocycles. The predicted molar refractivity (Wildman–Crippen MR) is 127 cm³/mol. The number of alkyl halides is 3. The van der Waals surface area contributed by atoms with E-state index in [0.717, 1.165) is 11.8 Å². The topological polar surface area (TPSA) is 84.9 Å². The van der Waals surface area contributed by atoms with E-state index in [9.17, 15) is 13.2 Å². The van der Waals surface area contributed by atoms with Gasteiger partial charge in [-0.25, -0.2) is 4.98 Å². The van der Waals surface area contributed by atoms with Gasteiger partial charge in [-0.2, -0.15) is 18.3 Å². The minimum Gasteiger partial charge on any atom is -0.457 e. The van der Waals surface area contributed by atoms with E-state index in [1.807, 2.05) is 44.2 Å². The number of benzene rings is 2. The van der Waals surface area contributed by atoms with E-state index in [0.29, 0.717) is 17.1 Å². The first-order valence-corrected chi connectivity index (χ1v) is 10.3. The molecule has 174 valence electrons. The molecule has 3 aromatic rings. The number of aromatic nitrogens is 1. The van der Waals surface area contributed by atoms with Crippen molar-refractivity contribution in [2.75, 3.05) is 11.9 Å². The minimum absolute atomic E-state index is 0.0932. The molecule has 0 spiro atoms. The van der Waals surface area contributed by atoms with Gasteiger partial charge in [-0.15, -0.1) is 0 Å². The smallest absolute Gasteiger partial charge is 0.433 e. The van der Waals surface area contributed by atoms with Crippen LogP contribution in [0, 0.1) is 6.92 Å². The summed E-state index contributed by atoms with van der Waals surface area (Å²) in [7, 11) is 0. The number of nitrogens with zero attached hydrogens (tertiary/aromatic N) is 3. The lowest BCUT2D eigenvalue weighted by molar-refractivity contribution is -0.141. The summed E-state index contributed by atoms with van der Waals surface area (Å²) in [5.41, 5.74) is 0.535. The molecule has 0 aliphatic carbocycles. The highest BCUT2D eigenvalue weighted by Crippen LogP contribution is 2.29. The first kappa shape index (κ1) is 25.4. The zero-order chi connectivity index (χ0) is 24.3. The summed E-state index contributed by atoms with van der Waals surface area (Å²) < 4.78 is 44.4. The van der Waals surface area contributed by atoms with Crippen LogP contribution in [0.1, 0.15) is 25.2 Å². The van der Waals surface area contributed by atoms with Crippen LogP contribution >= 0.6 is 0 Å². The SMILES string of the molecule is CC.Cc1cc(NC/C(C=Nc2ccc(Oc3ccccc3)cc2)=N/N)cc(C(F)(F)F)n1. The molecule has 0 unspecified atom stereocenters. The Morgan fingerprint density at radius 1 is 1.03 bits per heavy atom. The fourth-order valence-electron chi connectivity index (χ4n) is 2.61. The standard InChI is InChI=1S/C22H20F3N5O.C2H6/c1-15-11-17(12-21(29-15)22(23,24)25)28-14-18(30-26)13-27-16-7-9-20(10-8-16)31-19-5-3-2-4-6-19;1-2/h2-13H,14,26H2,1H3,(H,28,29);1-2H3/b27-13?,30-18+;. The number of para-hydroxylation sites is 1. The van der Waals surface area contributed by atoms with Gasteiger partial charge in [0.25, 0.3) is 0 Å². The molecule has 0 radical (unpaired) electrons. The number of hydrogen-bond acceptors (Lipinski definition) is 6. The van der Waals surface area contributed by atoms with Crippen molar-refractivity contribution in [3.8, 4) is 11.5 Å². The van der Waals surface area contributed by atoms with Gasteiger partial charge in [0, 0.05) is 11.4 Å². The summed E-state index contributed by atoms with van der Waals surface area (Å²) in [4.78, 5) is 7.79. The lowest BCUT2D eigenvalue weighted by Crippen LogP contribution is -2.18. The van der Waals surface area contributed by atoms with Crippen LogP contribution in [-0.2, 0) is 6.18 Å². The Kier molecular flexibility index (Phi) is 9.41. The third-order valence-corrected chi connectivity index (χ3v) is 4.06. The maximum atomic E-state index is 12.9. The van der Waals surface area contributed by atoms with Gasteiger partial charge >= 0.3 is 6.18 Å². The summed E-state index contributed by atoms with van der Waals surface area (Å²) in [6.45, 7) is 5.58. The second kappa shape index (κ2) is 12.2. The van der Waals surface area contributed by atoms with E-state index in [-0.39, 0.29) is 17.9 Å². The summed E-state index contributed by atoms with van der Waals surface area (Å²) in [5.74, 6) is 6.77. The second-order valence-corrected chi connectivity index (χ2v) is 6.52. The molecule has 1 heterocycles. The van der Waals surface area contributed by atoms with Crippen LogP contribution in [0.2, 0.25) is 0 Å². The van der Waals surface area contributed by atoms with E-state index in [2.05, 4.69) is 20.4 Å². The Morgan fingerprint density at radius 2 is 1.67 bits per heavy atom. The molecule has 0 saturated carbocycles. The Balaban J connectivity index is 0.00000187. The van der Waals surface area contributed by atoms with Crippen molar-refractivity contribution in [2.45, 2.75) is 26.9 Å². The van der Waals surface area contributed by atoms with Crippen molar-refractivity contribution in [2.24, 2.45) is 15.9 Å². The van der Waals surface area contributed by atoms with Gasteiger partial charge in [0.05, 0.1) is 24.2 Å². The van der Waals surface area contributed by atoms with Crippen LogP contribution in [0.15, 0.2) is 76.8 Å². The molecule has 0 aliphatic rings. The third kappa shape index (κ3) is 8.29. The van der Waals surface area contributed by atoms with Crippen LogP contribution in [0.5, 0.6) is 11.5 Å². The number of ether oxygens (including phenoxy) is 1. The Labute approximate surface area is 191 Å². The lowest BCUT2D eigenvalue weighted by atomic mass is 10.2. The van der Waals surface area contributed by atoms with Crippen molar-refractivity contribution in [1.82, 2.24) is 4.98 Å². The lowest BCUT2D eigenvalue weighted by Gasteiger charge is -2.11. The fourth-order valence-corrected chi connectivity index (χ4v) is 2.61. The Bertz CT molecular complexity index is 1070. The van der Waals surface area contributed by atoms with Crippen LogP contribution in [0.25, 0.3) is 0 Å². The molecule has 0 amide bonds.